The van der Waals surface area contributed by atoms with Crippen molar-refractivity contribution in [1.29, 1.82) is 0 Å². The fraction of sp³-hybridized carbons (Fsp3) is 0.600. The van der Waals surface area contributed by atoms with Crippen molar-refractivity contribution in [3.05, 3.63) is 35.7 Å². The minimum Gasteiger partial charge on any atom is -0.380 e. The van der Waals surface area contributed by atoms with Gasteiger partial charge in [-0.15, -0.1) is 0 Å². The van der Waals surface area contributed by atoms with E-state index in [9.17, 15) is 0 Å². The lowest BCUT2D eigenvalue weighted by molar-refractivity contribution is 0.0553. The molecule has 0 fully saturated rings. The molecule has 0 bridgehead atoms. The number of fused-ring (bicyclic) bond motifs is 1. The zero-order chi connectivity index (χ0) is 14.7. The first kappa shape index (κ1) is 14.3. The van der Waals surface area contributed by atoms with Crippen LogP contribution >= 0.6 is 0 Å². The van der Waals surface area contributed by atoms with Crippen molar-refractivity contribution in [2.24, 2.45) is 0 Å². The number of hydrogen-bond acceptors (Lipinski definition) is 4. The Morgan fingerprint density at radius 3 is 3.14 bits per heavy atom. The highest BCUT2D eigenvalue weighted by atomic mass is 16.5. The number of ether oxygens (including phenoxy) is 1. The lowest BCUT2D eigenvalue weighted by Gasteiger charge is -2.28. The van der Waals surface area contributed by atoms with Crippen LogP contribution < -0.4 is 0 Å². The quantitative estimate of drug-likeness (QED) is 0.910. The Morgan fingerprint density at radius 2 is 2.38 bits per heavy atom. The number of hydrogen-bond donors (Lipinski definition) is 1. The largest absolute Gasteiger partial charge is 0.380 e. The van der Waals surface area contributed by atoms with E-state index >= 15 is 0 Å². The number of aromatic amines is 1. The molecule has 21 heavy (non-hydrogen) atoms. The van der Waals surface area contributed by atoms with E-state index in [2.05, 4.69) is 30.7 Å². The molecule has 1 atom stereocenters. The van der Waals surface area contributed by atoms with Gasteiger partial charge >= 0.3 is 0 Å². The number of imidazole rings is 1. The van der Waals surface area contributed by atoms with Gasteiger partial charge in [0.05, 0.1) is 24.3 Å². The molecule has 6 nitrogen and oxygen atoms in total. The fourth-order valence-electron chi connectivity index (χ4n) is 2.88. The molecule has 0 aliphatic carbocycles. The van der Waals surface area contributed by atoms with Gasteiger partial charge in [-0.05, 0) is 26.3 Å². The molecule has 2 aromatic rings. The number of nitrogens with one attached hydrogen (secondary N) is 1. The minimum atomic E-state index is 0.418. The second kappa shape index (κ2) is 6.41. The highest BCUT2D eigenvalue weighted by Crippen LogP contribution is 2.20. The predicted octanol–water partition coefficient (Wildman–Crippen LogP) is 1.73. The summed E-state index contributed by atoms with van der Waals surface area (Å²) in [6.07, 6.45) is 4.97. The third kappa shape index (κ3) is 3.33. The summed E-state index contributed by atoms with van der Waals surface area (Å²) in [5, 5.41) is 7.39. The van der Waals surface area contributed by atoms with Crippen LogP contribution in [-0.2, 0) is 24.4 Å². The van der Waals surface area contributed by atoms with E-state index < -0.39 is 0 Å². The fourth-order valence-corrected chi connectivity index (χ4v) is 2.88. The summed E-state index contributed by atoms with van der Waals surface area (Å²) < 4.78 is 7.93. The Bertz CT molecular complexity index is 576. The first-order valence-corrected chi connectivity index (χ1v) is 7.58. The van der Waals surface area contributed by atoms with E-state index in [1.54, 1.807) is 0 Å². The number of aryl methyl sites for hydroxylation is 2. The van der Waals surface area contributed by atoms with Gasteiger partial charge in [-0.3, -0.25) is 10.00 Å². The minimum absolute atomic E-state index is 0.418. The Balaban J connectivity index is 1.76. The number of rotatable bonds is 5. The lowest BCUT2D eigenvalue weighted by Crippen LogP contribution is -2.37. The van der Waals surface area contributed by atoms with E-state index in [0.29, 0.717) is 6.04 Å². The first-order valence-electron chi connectivity index (χ1n) is 7.58. The Morgan fingerprint density at radius 1 is 1.48 bits per heavy atom. The smallest absolute Gasteiger partial charge is 0.0948 e. The molecule has 0 saturated heterocycles. The van der Waals surface area contributed by atoms with Crippen LogP contribution in [0.5, 0.6) is 0 Å². The summed E-state index contributed by atoms with van der Waals surface area (Å²) in [7, 11) is 0. The average molecular weight is 289 g/mol. The molecule has 1 aliphatic heterocycles. The highest BCUT2D eigenvalue weighted by molar-refractivity contribution is 5.08. The molecule has 3 heterocycles. The summed E-state index contributed by atoms with van der Waals surface area (Å²) >= 11 is 0. The first-order chi connectivity index (χ1) is 10.3. The topological polar surface area (TPSA) is 59.0 Å². The molecule has 0 amide bonds. The normalized spacial score (nSPS) is 19.4. The summed E-state index contributed by atoms with van der Waals surface area (Å²) in [5.41, 5.74) is 3.45. The maximum atomic E-state index is 5.68. The van der Waals surface area contributed by atoms with E-state index in [-0.39, 0.29) is 0 Å². The zero-order valence-corrected chi connectivity index (χ0v) is 12.7. The third-order valence-corrected chi connectivity index (χ3v) is 4.02. The highest BCUT2D eigenvalue weighted by Gasteiger charge is 2.24. The van der Waals surface area contributed by atoms with Gasteiger partial charge in [0.2, 0.25) is 0 Å². The molecule has 0 aromatic carbocycles. The molecule has 3 rings (SSSR count). The van der Waals surface area contributed by atoms with Gasteiger partial charge in [-0.2, -0.15) is 5.10 Å². The third-order valence-electron chi connectivity index (χ3n) is 4.02. The molecular formula is C15H23N5O. The van der Waals surface area contributed by atoms with Gasteiger partial charge in [0.15, 0.2) is 0 Å². The molecule has 2 aromatic heterocycles. The second-order valence-corrected chi connectivity index (χ2v) is 5.63. The number of nitrogens with zero attached hydrogens (tertiary/aromatic N) is 4. The van der Waals surface area contributed by atoms with Crippen LogP contribution in [0.1, 0.15) is 30.4 Å². The molecule has 6 heteroatoms. The van der Waals surface area contributed by atoms with Crippen molar-refractivity contribution < 1.29 is 4.74 Å². The van der Waals surface area contributed by atoms with Gasteiger partial charge in [-0.25, -0.2) is 4.98 Å². The molecule has 0 radical (unpaired) electrons. The maximum Gasteiger partial charge on any atom is 0.0948 e. The van der Waals surface area contributed by atoms with E-state index in [4.69, 9.17) is 4.74 Å². The molecule has 114 valence electrons. The van der Waals surface area contributed by atoms with Crippen LogP contribution in [0.15, 0.2) is 18.6 Å². The van der Waals surface area contributed by atoms with Crippen molar-refractivity contribution in [2.45, 2.75) is 45.9 Å². The van der Waals surface area contributed by atoms with E-state index in [1.165, 1.54) is 5.69 Å². The van der Waals surface area contributed by atoms with Crippen LogP contribution in [0.4, 0.5) is 0 Å². The Hall–Kier alpha value is -1.66. The molecule has 0 saturated carbocycles. The van der Waals surface area contributed by atoms with E-state index in [0.717, 1.165) is 50.7 Å². The molecule has 1 N–H and O–H groups in total. The molecule has 0 spiro atoms. The summed E-state index contributed by atoms with van der Waals surface area (Å²) in [6.45, 7) is 8.36. The van der Waals surface area contributed by atoms with Crippen molar-refractivity contribution >= 4 is 0 Å². The predicted molar refractivity (Wildman–Crippen MR) is 79.7 cm³/mol. The summed E-state index contributed by atoms with van der Waals surface area (Å²) in [6, 6.07) is 2.53. The lowest BCUT2D eigenvalue weighted by atomic mass is 10.1. The summed E-state index contributed by atoms with van der Waals surface area (Å²) in [5.74, 6) is 0. The van der Waals surface area contributed by atoms with Crippen LogP contribution in [-0.4, -0.2) is 43.9 Å². The van der Waals surface area contributed by atoms with Crippen molar-refractivity contribution in [3.8, 4) is 0 Å². The average Bonchev–Trinajstić information content (AvgIpc) is 3.04. The monoisotopic (exact) mass is 289 g/mol. The standard InChI is InChI=1S/C15H23N5O/c1-3-21-10-14-4-5-19-11-16-7-15(19)9-20(14)8-13-6-12(2)17-18-13/h6-7,11,14H,3-5,8-10H2,1-2H3,(H,17,18)/t14-/m1/s1. The Labute approximate surface area is 125 Å². The maximum absolute atomic E-state index is 5.68. The van der Waals surface area contributed by atoms with Crippen molar-refractivity contribution in [2.75, 3.05) is 13.2 Å². The van der Waals surface area contributed by atoms with Gasteiger partial charge in [0.25, 0.3) is 0 Å². The van der Waals surface area contributed by atoms with Crippen LogP contribution in [0.25, 0.3) is 0 Å². The molecule has 1 aliphatic rings. The number of aromatic nitrogens is 4. The SMILES string of the molecule is CCOC[C@H]1CCn2cncc2CN1Cc1cc(C)[nH]n1. The van der Waals surface area contributed by atoms with Crippen molar-refractivity contribution in [1.82, 2.24) is 24.6 Å². The zero-order valence-electron chi connectivity index (χ0n) is 12.7. The number of H-pyrrole nitrogens is 1. The second-order valence-electron chi connectivity index (χ2n) is 5.63. The van der Waals surface area contributed by atoms with Crippen LogP contribution in [0, 0.1) is 6.92 Å². The molecular weight excluding hydrogens is 266 g/mol. The molecule has 0 unspecified atom stereocenters. The van der Waals surface area contributed by atoms with Crippen LogP contribution in [0.2, 0.25) is 0 Å². The van der Waals surface area contributed by atoms with E-state index in [1.807, 2.05) is 26.4 Å². The summed E-state index contributed by atoms with van der Waals surface area (Å²) in [4.78, 5) is 6.71. The van der Waals surface area contributed by atoms with Gasteiger partial charge in [0, 0.05) is 44.2 Å². The van der Waals surface area contributed by atoms with Gasteiger partial charge in [0.1, 0.15) is 0 Å². The van der Waals surface area contributed by atoms with Gasteiger partial charge < -0.3 is 9.30 Å². The van der Waals surface area contributed by atoms with Crippen molar-refractivity contribution in [3.63, 3.8) is 0 Å². The van der Waals surface area contributed by atoms with Gasteiger partial charge in [-0.1, -0.05) is 0 Å². The van der Waals surface area contributed by atoms with Crippen LogP contribution in [0.3, 0.4) is 0 Å². The Kier molecular flexibility index (Phi) is 4.36.